The summed E-state index contributed by atoms with van der Waals surface area (Å²) >= 11 is 7.31. The Morgan fingerprint density at radius 3 is 2.43 bits per heavy atom. The van der Waals surface area contributed by atoms with Gasteiger partial charge in [0.2, 0.25) is 0 Å². The van der Waals surface area contributed by atoms with E-state index in [0.717, 1.165) is 16.7 Å². The summed E-state index contributed by atoms with van der Waals surface area (Å²) in [6, 6.07) is 18.3. The monoisotopic (exact) mass is 445 g/mol. The van der Waals surface area contributed by atoms with E-state index in [1.165, 1.54) is 18.0 Å². The first kappa shape index (κ1) is 23.3. The first-order valence-corrected chi connectivity index (χ1v) is 10.0. The van der Waals surface area contributed by atoms with Gasteiger partial charge in [0, 0.05) is 6.54 Å². The van der Waals surface area contributed by atoms with E-state index in [9.17, 15) is 9.50 Å². The van der Waals surface area contributed by atoms with Gasteiger partial charge in [0.15, 0.2) is 0 Å². The lowest BCUT2D eigenvalue weighted by atomic mass is 10.1. The Morgan fingerprint density at radius 2 is 1.80 bits per heavy atom. The van der Waals surface area contributed by atoms with Crippen molar-refractivity contribution in [3.05, 3.63) is 89.7 Å². The summed E-state index contributed by atoms with van der Waals surface area (Å²) in [5, 5.41) is 17.5. The van der Waals surface area contributed by atoms with Crippen LogP contribution in [-0.2, 0) is 4.79 Å². The summed E-state index contributed by atoms with van der Waals surface area (Å²) in [5.74, 6) is -0.358. The number of hydrogen-bond donors (Lipinski definition) is 2. The van der Waals surface area contributed by atoms with Gasteiger partial charge in [0.1, 0.15) is 11.6 Å². The highest BCUT2D eigenvalue weighted by atomic mass is 35.5. The average Bonchev–Trinajstić information content (AvgIpc) is 2.73. The zero-order valence-electron chi connectivity index (χ0n) is 16.3. The predicted molar refractivity (Wildman–Crippen MR) is 122 cm³/mol. The van der Waals surface area contributed by atoms with Crippen LogP contribution in [0.1, 0.15) is 5.56 Å². The Labute approximate surface area is 184 Å². The minimum atomic E-state index is -0.345. The molecule has 0 amide bonds. The molecule has 0 fully saturated rings. The lowest BCUT2D eigenvalue weighted by Gasteiger charge is -2.24. The zero-order chi connectivity index (χ0) is 22.1. The fourth-order valence-electron chi connectivity index (χ4n) is 2.71. The topological polar surface area (TPSA) is 60.8 Å². The number of phenols is 1. The lowest BCUT2D eigenvalue weighted by molar-refractivity contribution is -0.122. The summed E-state index contributed by atoms with van der Waals surface area (Å²) in [4.78, 5) is 8.92. The van der Waals surface area contributed by atoms with E-state index < -0.39 is 0 Å². The molecule has 0 unspecified atom stereocenters. The van der Waals surface area contributed by atoms with E-state index >= 15 is 0 Å². The van der Waals surface area contributed by atoms with E-state index in [1.54, 1.807) is 28.6 Å². The van der Waals surface area contributed by atoms with Crippen LogP contribution in [0.3, 0.4) is 0 Å². The van der Waals surface area contributed by atoms with Gasteiger partial charge in [-0.25, -0.2) is 4.39 Å². The summed E-state index contributed by atoms with van der Waals surface area (Å²) < 4.78 is 16.4. The molecule has 3 aromatic carbocycles. The minimum Gasteiger partial charge on any atom is -0.505 e. The molecular formula is C23H21ClFNO3S. The van der Waals surface area contributed by atoms with Gasteiger partial charge < -0.3 is 14.5 Å². The van der Waals surface area contributed by atoms with Crippen molar-refractivity contribution in [2.75, 3.05) is 10.8 Å². The van der Waals surface area contributed by atoms with Crippen LogP contribution in [0.5, 0.6) is 5.75 Å². The quantitative estimate of drug-likeness (QED) is 0.255. The maximum absolute atomic E-state index is 14.6. The highest BCUT2D eigenvalue weighted by Gasteiger charge is 2.17. The van der Waals surface area contributed by atoms with Crippen LogP contribution in [0, 0.1) is 12.7 Å². The van der Waals surface area contributed by atoms with Gasteiger partial charge in [-0.3, -0.25) is 4.79 Å². The molecule has 0 heterocycles. The molecule has 0 aliphatic rings. The first-order valence-electron chi connectivity index (χ1n) is 8.89. The molecule has 7 heteroatoms. The number of nitrogens with zero attached hydrogens (tertiary/aromatic N) is 1. The largest absolute Gasteiger partial charge is 0.505 e. The van der Waals surface area contributed by atoms with Crippen LogP contribution < -0.4 is 4.31 Å². The smallest absolute Gasteiger partial charge is 0.290 e. The van der Waals surface area contributed by atoms with E-state index in [0.29, 0.717) is 17.1 Å². The maximum Gasteiger partial charge on any atom is 0.290 e. The number of phenolic OH excluding ortho intramolecular Hbond substituents is 1. The number of anilines is 1. The number of rotatable bonds is 6. The molecule has 0 saturated heterocycles. The second kappa shape index (κ2) is 11.3. The summed E-state index contributed by atoms with van der Waals surface area (Å²) in [6.07, 6.45) is 1.69. The van der Waals surface area contributed by atoms with Crippen LogP contribution in [0.2, 0.25) is 5.02 Å². The molecule has 0 aliphatic heterocycles. The van der Waals surface area contributed by atoms with Gasteiger partial charge in [-0.1, -0.05) is 54.1 Å². The number of benzene rings is 3. The van der Waals surface area contributed by atoms with Crippen LogP contribution in [0.15, 0.2) is 78.2 Å². The Balaban J connectivity index is 0.00000101. The SMILES string of the molecule is C=CCN(Sc1cc(C)cc(Cl)c1O)c1cc(-c2ccccc2)ccc1F.O=CO. The van der Waals surface area contributed by atoms with Crippen LogP contribution >= 0.6 is 23.5 Å². The molecule has 0 aliphatic carbocycles. The van der Waals surface area contributed by atoms with Crippen LogP contribution in [0.25, 0.3) is 11.1 Å². The molecule has 156 valence electrons. The standard InChI is InChI=1S/C22H19ClFNOS.CH2O2/c1-3-11-25(27-21-13-15(2)12-18(23)22(21)26)20-14-17(9-10-19(20)24)16-7-5-4-6-8-16;2-1-3/h3-10,12-14,26H,1,11H2,2H3;1H,(H,2,3). The average molecular weight is 446 g/mol. The van der Waals surface area contributed by atoms with Gasteiger partial charge in [-0.15, -0.1) is 6.58 Å². The molecule has 0 bridgehead atoms. The fraction of sp³-hybridized carbons (Fsp3) is 0.0870. The van der Waals surface area contributed by atoms with Crippen molar-refractivity contribution >= 4 is 35.7 Å². The minimum absolute atomic E-state index is 0.0130. The van der Waals surface area contributed by atoms with E-state index in [-0.39, 0.29) is 23.1 Å². The number of hydrogen-bond acceptors (Lipinski definition) is 4. The molecular weight excluding hydrogens is 425 g/mol. The van der Waals surface area contributed by atoms with Crippen molar-refractivity contribution in [1.82, 2.24) is 0 Å². The summed E-state index contributed by atoms with van der Waals surface area (Å²) in [6.45, 7) is 5.81. The molecule has 0 atom stereocenters. The van der Waals surface area contributed by atoms with E-state index in [1.807, 2.05) is 43.3 Å². The molecule has 3 aromatic rings. The Morgan fingerprint density at radius 1 is 1.13 bits per heavy atom. The number of carbonyl (C=O) groups is 1. The first-order chi connectivity index (χ1) is 14.4. The zero-order valence-corrected chi connectivity index (χ0v) is 17.8. The van der Waals surface area contributed by atoms with Gasteiger partial charge in [-0.2, -0.15) is 0 Å². The third kappa shape index (κ3) is 6.02. The Kier molecular flexibility index (Phi) is 8.77. The molecule has 0 radical (unpaired) electrons. The van der Waals surface area contributed by atoms with Gasteiger partial charge >= 0.3 is 0 Å². The third-order valence-corrected chi connectivity index (χ3v) is 5.36. The molecule has 0 saturated carbocycles. The molecule has 30 heavy (non-hydrogen) atoms. The van der Waals surface area contributed by atoms with E-state index in [2.05, 4.69) is 6.58 Å². The second-order valence-electron chi connectivity index (χ2n) is 6.17. The number of aromatic hydroxyl groups is 1. The summed E-state index contributed by atoms with van der Waals surface area (Å²) in [5.41, 5.74) is 3.24. The fourth-order valence-corrected chi connectivity index (χ4v) is 4.13. The number of carboxylic acid groups (broad SMARTS) is 1. The molecule has 2 N–H and O–H groups in total. The number of aryl methyl sites for hydroxylation is 1. The molecule has 3 rings (SSSR count). The van der Waals surface area contributed by atoms with Crippen molar-refractivity contribution in [2.24, 2.45) is 0 Å². The maximum atomic E-state index is 14.6. The van der Waals surface area contributed by atoms with Gasteiger partial charge in [0.25, 0.3) is 6.47 Å². The summed E-state index contributed by atoms with van der Waals surface area (Å²) in [7, 11) is 0. The van der Waals surface area contributed by atoms with Crippen LogP contribution in [0.4, 0.5) is 10.1 Å². The van der Waals surface area contributed by atoms with Crippen LogP contribution in [-0.4, -0.2) is 23.2 Å². The molecule has 4 nitrogen and oxygen atoms in total. The Bertz CT molecular complexity index is 1010. The van der Waals surface area contributed by atoms with Crippen molar-refractivity contribution in [2.45, 2.75) is 11.8 Å². The van der Waals surface area contributed by atoms with Crippen molar-refractivity contribution in [1.29, 1.82) is 0 Å². The highest BCUT2D eigenvalue weighted by Crippen LogP contribution is 2.40. The predicted octanol–water partition coefficient (Wildman–Crippen LogP) is 6.56. The van der Waals surface area contributed by atoms with Gasteiger partial charge in [-0.05, 0) is 59.8 Å². The Hall–Kier alpha value is -2.96. The second-order valence-corrected chi connectivity index (χ2v) is 7.64. The highest BCUT2D eigenvalue weighted by molar-refractivity contribution is 8.00. The van der Waals surface area contributed by atoms with E-state index in [4.69, 9.17) is 21.5 Å². The number of halogens is 2. The molecule has 0 aromatic heterocycles. The third-order valence-electron chi connectivity index (χ3n) is 4.00. The lowest BCUT2D eigenvalue weighted by Crippen LogP contribution is -2.15. The van der Waals surface area contributed by atoms with Crippen molar-refractivity contribution < 1.29 is 19.4 Å². The van der Waals surface area contributed by atoms with Gasteiger partial charge in [0.05, 0.1) is 15.6 Å². The normalized spacial score (nSPS) is 9.97. The van der Waals surface area contributed by atoms with Crippen molar-refractivity contribution in [3.63, 3.8) is 0 Å². The molecule has 0 spiro atoms. The van der Waals surface area contributed by atoms with Crippen molar-refractivity contribution in [3.8, 4) is 16.9 Å².